The third kappa shape index (κ3) is 15.7. The molecule has 1 aliphatic heterocycles. The molecule has 3 aromatic heterocycles. The Morgan fingerprint density at radius 3 is 2.11 bits per heavy atom. The third-order valence-corrected chi connectivity index (χ3v) is 19.4. The van der Waals surface area contributed by atoms with Crippen molar-refractivity contribution in [2.45, 2.75) is 63.1 Å². The molecule has 0 saturated heterocycles. The lowest BCUT2D eigenvalue weighted by Crippen LogP contribution is -2.34. The topological polar surface area (TPSA) is 433 Å². The van der Waals surface area contributed by atoms with E-state index >= 15 is 0 Å². The summed E-state index contributed by atoms with van der Waals surface area (Å²) in [7, 11) is -26.3. The SMILES string of the molecule is CCCC[n+]1c(/C=C/C(=C/C=C2\Sc3c(ccc4c(S(=O)(=O)O)cc(S(=O)(=O)O)cc34)N2CCCS(=O)(=O)O)c2ccc(C(=O)NCCC(=O)Nc3nnc(S(N)(=O)=O)s3)cn2)sc2c3cc(S(=O)(=O)O)ccc3ccc21.O=S(=O)=O. The van der Waals surface area contributed by atoms with Gasteiger partial charge in [0.1, 0.15) is 9.60 Å². The number of fused-ring (bicyclic) bond motifs is 6. The molecule has 0 aliphatic carbocycles. The number of hydrogen-bond donors (Lipinski definition) is 7. The van der Waals surface area contributed by atoms with Crippen molar-refractivity contribution in [1.82, 2.24) is 20.5 Å². The van der Waals surface area contributed by atoms with Gasteiger partial charge >= 0.3 is 10.6 Å². The van der Waals surface area contributed by atoms with Gasteiger partial charge in [-0.15, -0.1) is 22.8 Å². The van der Waals surface area contributed by atoms with E-state index in [1.165, 1.54) is 53.9 Å². The summed E-state index contributed by atoms with van der Waals surface area (Å²) in [4.78, 5) is 30.4. The second-order valence-corrected chi connectivity index (χ2v) is 28.0. The number of nitrogens with zero attached hydrogens (tertiary/aromatic N) is 5. The van der Waals surface area contributed by atoms with Gasteiger partial charge in [-0.3, -0.25) is 32.8 Å². The number of primary sulfonamides is 1. The van der Waals surface area contributed by atoms with E-state index in [0.717, 1.165) is 46.3 Å². The van der Waals surface area contributed by atoms with Gasteiger partial charge in [-0.25, -0.2) is 13.6 Å². The molecule has 4 heterocycles. The van der Waals surface area contributed by atoms with Gasteiger partial charge in [0, 0.05) is 70.9 Å². The minimum Gasteiger partial charge on any atom is -0.351 e. The van der Waals surface area contributed by atoms with Crippen LogP contribution in [-0.4, -0.2) is 119 Å². The van der Waals surface area contributed by atoms with Crippen molar-refractivity contribution in [3.8, 4) is 0 Å². The average molecular weight is 1290 g/mol. The molecule has 27 nitrogen and oxygen atoms in total. The Bertz CT molecular complexity index is 4490. The molecule has 0 unspecified atom stereocenters. The van der Waals surface area contributed by atoms with E-state index in [4.69, 9.17) is 17.8 Å². The van der Waals surface area contributed by atoms with Crippen LogP contribution in [0.5, 0.6) is 0 Å². The fraction of sp³-hybridized carbons (Fsp3) is 0.200. The number of rotatable bonds is 20. The predicted octanol–water partition coefficient (Wildman–Crippen LogP) is 4.51. The van der Waals surface area contributed by atoms with Crippen molar-refractivity contribution < 1.29 is 87.1 Å². The largest absolute Gasteiger partial charge is 0.425 e. The number of thioether (sulfide) groups is 1. The fourth-order valence-corrected chi connectivity index (χ4v) is 14.1. The zero-order valence-electron chi connectivity index (χ0n) is 41.3. The van der Waals surface area contributed by atoms with E-state index < -0.39 is 92.8 Å². The highest BCUT2D eigenvalue weighted by atomic mass is 32.3. The molecule has 0 fully saturated rings. The molecule has 81 heavy (non-hydrogen) atoms. The predicted molar refractivity (Wildman–Crippen MR) is 298 cm³/mol. The number of aryl methyl sites for hydroxylation is 1. The van der Waals surface area contributed by atoms with Gasteiger partial charge < -0.3 is 15.5 Å². The van der Waals surface area contributed by atoms with E-state index in [-0.39, 0.29) is 57.2 Å². The van der Waals surface area contributed by atoms with Crippen LogP contribution in [0.4, 0.5) is 10.8 Å². The number of pyridine rings is 1. The molecule has 8 N–H and O–H groups in total. The van der Waals surface area contributed by atoms with Gasteiger partial charge in [-0.1, -0.05) is 66.0 Å². The Kier molecular flexibility index (Phi) is 19.1. The van der Waals surface area contributed by atoms with E-state index in [1.807, 2.05) is 19.1 Å². The summed E-state index contributed by atoms with van der Waals surface area (Å²) in [5.74, 6) is -1.88. The number of anilines is 2. The monoisotopic (exact) mass is 1290 g/mol. The summed E-state index contributed by atoms with van der Waals surface area (Å²) in [5, 5.41) is 19.2. The van der Waals surface area contributed by atoms with Crippen LogP contribution in [0.25, 0.3) is 43.4 Å². The van der Waals surface area contributed by atoms with Crippen LogP contribution in [-0.2, 0) is 72.4 Å². The van der Waals surface area contributed by atoms with Crippen LogP contribution in [0.3, 0.4) is 0 Å². The number of nitrogens with one attached hydrogen (secondary N) is 2. The molecule has 2 amide bonds. The Morgan fingerprint density at radius 1 is 0.802 bits per heavy atom. The lowest BCUT2D eigenvalue weighted by Gasteiger charge is -2.20. The summed E-state index contributed by atoms with van der Waals surface area (Å²) in [5.41, 5.74) is 1.91. The first-order valence-corrected chi connectivity index (χ1v) is 33.9. The van der Waals surface area contributed by atoms with Gasteiger partial charge in [0.2, 0.25) is 20.9 Å². The smallest absolute Gasteiger partial charge is 0.351 e. The number of aromatic nitrogens is 4. The van der Waals surface area contributed by atoms with Crippen molar-refractivity contribution in [2.24, 2.45) is 5.14 Å². The molecular weight excluding hydrogens is 1250 g/mol. The number of amides is 2. The van der Waals surface area contributed by atoms with Crippen LogP contribution in [0, 0.1) is 0 Å². The molecule has 8 rings (SSSR count). The molecule has 0 bridgehead atoms. The Labute approximate surface area is 475 Å². The van der Waals surface area contributed by atoms with Gasteiger partial charge in [0.15, 0.2) is 6.54 Å². The summed E-state index contributed by atoms with van der Waals surface area (Å²) in [6, 6.07) is 15.5. The minimum atomic E-state index is -5.07. The number of nitrogens with two attached hydrogens (primary N) is 1. The average Bonchev–Trinajstić information content (AvgIpc) is 4.12. The second kappa shape index (κ2) is 24.9. The molecule has 1 aliphatic rings. The molecule has 0 saturated carbocycles. The van der Waals surface area contributed by atoms with Gasteiger partial charge in [-0.05, 0) is 72.5 Å². The third-order valence-electron chi connectivity index (χ3n) is 11.5. The number of carbonyl (C=O) groups excluding carboxylic acids is 2. The highest BCUT2D eigenvalue weighted by Crippen LogP contribution is 2.51. The second-order valence-electron chi connectivity index (χ2n) is 17.1. The minimum absolute atomic E-state index is 0.00753. The lowest BCUT2D eigenvalue weighted by molar-refractivity contribution is -0.669. The van der Waals surface area contributed by atoms with Gasteiger partial charge in [-0.2, -0.15) is 38.2 Å². The summed E-state index contributed by atoms with van der Waals surface area (Å²) < 4.78 is 188. The van der Waals surface area contributed by atoms with E-state index in [9.17, 15) is 69.9 Å². The van der Waals surface area contributed by atoms with Gasteiger partial charge in [0.05, 0.1) is 37.5 Å². The number of allylic oxidation sites excluding steroid dienone is 4. The molecular formula is C45H43N8O19S9+. The van der Waals surface area contributed by atoms with Crippen molar-refractivity contribution >= 4 is 162 Å². The number of unbranched alkanes of at least 4 members (excludes halogenated alkanes) is 1. The summed E-state index contributed by atoms with van der Waals surface area (Å²) in [6.45, 7) is 2.36. The Hall–Kier alpha value is -6.52. The first-order chi connectivity index (χ1) is 37.8. The standard InChI is InChI=1S/C45H42N8O16S8.O3S/c1-2-3-19-52-35-13-7-26-5-10-29(75(61,62)63)22-32(26)41(35)70-39(52)15-8-27(34-12-6-28(25-48-34)43(55)47-18-17-38(54)49-44-50-51-45(72-44)74(46,59)60)9-16-40-53(20-4-21-73(56,57)58)36-14-11-31-33(42(36)71-40)23-30(76(64,65)66)24-37(31)77(67,68)69;1-4(2)3/h5-16,22-25H,2-4,17-21H2,1H3,(H7-,46,47,49,50,54,55,56,57,58,59,60,61,62,63,64,65,66,67,68,69);/p+1. The maximum absolute atomic E-state index is 13.3. The van der Waals surface area contributed by atoms with Crippen molar-refractivity contribution in [1.29, 1.82) is 0 Å². The fourth-order valence-electron chi connectivity index (χ4n) is 7.94. The zero-order chi connectivity index (χ0) is 59.4. The van der Waals surface area contributed by atoms with Crippen LogP contribution in [0.2, 0.25) is 0 Å². The molecule has 0 spiro atoms. The molecule has 0 atom stereocenters. The molecule has 4 aromatic carbocycles. The first kappa shape index (κ1) is 62.1. The van der Waals surface area contributed by atoms with Crippen LogP contribution < -0.4 is 25.2 Å². The van der Waals surface area contributed by atoms with Crippen LogP contribution >= 0.6 is 34.4 Å². The Morgan fingerprint density at radius 2 is 1.49 bits per heavy atom. The molecule has 0 radical (unpaired) electrons. The normalized spacial score (nSPS) is 13.9. The zero-order valence-corrected chi connectivity index (χ0v) is 48.6. The summed E-state index contributed by atoms with van der Waals surface area (Å²) >= 11 is 2.91. The van der Waals surface area contributed by atoms with E-state index in [0.29, 0.717) is 56.3 Å². The van der Waals surface area contributed by atoms with Crippen molar-refractivity contribution in [2.75, 3.05) is 29.1 Å². The van der Waals surface area contributed by atoms with Crippen molar-refractivity contribution in [3.63, 3.8) is 0 Å². The highest BCUT2D eigenvalue weighted by molar-refractivity contribution is 8.04. The van der Waals surface area contributed by atoms with E-state index in [2.05, 4.69) is 30.4 Å². The van der Waals surface area contributed by atoms with E-state index in [1.54, 1.807) is 35.3 Å². The molecule has 430 valence electrons. The molecule has 36 heteroatoms. The maximum Gasteiger partial charge on any atom is 0.425 e. The highest BCUT2D eigenvalue weighted by Gasteiger charge is 2.31. The number of benzene rings is 4. The van der Waals surface area contributed by atoms with Crippen LogP contribution in [0.1, 0.15) is 53.7 Å². The quantitative estimate of drug-likeness (QED) is 0.0239. The van der Waals surface area contributed by atoms with Crippen molar-refractivity contribution in [3.05, 3.63) is 112 Å². The number of carbonyl (C=O) groups is 2. The lowest BCUT2D eigenvalue weighted by atomic mass is 10.1. The number of sulfonamides is 1. The number of thiazole rings is 1. The first-order valence-electron chi connectivity index (χ1n) is 22.9. The Balaban J connectivity index is 0.00000229. The maximum atomic E-state index is 13.3. The van der Waals surface area contributed by atoms with Crippen LogP contribution in [0.15, 0.2) is 120 Å². The summed E-state index contributed by atoms with van der Waals surface area (Å²) in [6.07, 6.45) is 9.27. The molecule has 7 aromatic rings. The number of hydrogen-bond acceptors (Lipinski definition) is 22. The van der Waals surface area contributed by atoms with Gasteiger partial charge in [0.25, 0.3) is 61.4 Å².